The van der Waals surface area contributed by atoms with Crippen LogP contribution in [0.15, 0.2) is 48.5 Å². The number of sulfonamides is 1. The van der Waals surface area contributed by atoms with Crippen molar-refractivity contribution in [1.82, 2.24) is 4.31 Å². The van der Waals surface area contributed by atoms with E-state index < -0.39 is 33.5 Å². The van der Waals surface area contributed by atoms with Gasteiger partial charge in [0.15, 0.2) is 0 Å². The molecular formula is C22H22F6N2O3S. The number of anilines is 1. The van der Waals surface area contributed by atoms with Crippen molar-refractivity contribution in [3.8, 4) is 11.1 Å². The van der Waals surface area contributed by atoms with Crippen molar-refractivity contribution >= 4 is 15.7 Å². The van der Waals surface area contributed by atoms with Gasteiger partial charge >= 0.3 is 12.4 Å². The second-order valence-corrected chi connectivity index (χ2v) is 10.6. The van der Waals surface area contributed by atoms with Crippen LogP contribution in [0.3, 0.4) is 0 Å². The molecule has 12 heteroatoms. The molecule has 2 heterocycles. The topological polar surface area (TPSA) is 60.9 Å². The lowest BCUT2D eigenvalue weighted by Crippen LogP contribution is -2.55. The molecule has 0 aliphatic carbocycles. The third-order valence-electron chi connectivity index (χ3n) is 6.47. The fourth-order valence-corrected chi connectivity index (χ4v) is 6.32. The molecule has 2 fully saturated rings. The first kappa shape index (κ1) is 24.8. The van der Waals surface area contributed by atoms with Crippen LogP contribution in [0.4, 0.5) is 32.0 Å². The number of halogens is 6. The molecule has 0 amide bonds. The fraction of sp³-hybridized carbons (Fsp3) is 0.455. The van der Waals surface area contributed by atoms with Crippen LogP contribution in [0.25, 0.3) is 11.1 Å². The van der Waals surface area contributed by atoms with Gasteiger partial charge in [0.1, 0.15) is 0 Å². The van der Waals surface area contributed by atoms with Gasteiger partial charge in [0.25, 0.3) is 5.60 Å². The Kier molecular flexibility index (Phi) is 5.93. The minimum Gasteiger partial charge on any atom is -0.369 e. The van der Waals surface area contributed by atoms with Crippen LogP contribution in [0.1, 0.15) is 18.4 Å². The van der Waals surface area contributed by atoms with Crippen molar-refractivity contribution in [2.45, 2.75) is 42.9 Å². The molecule has 34 heavy (non-hydrogen) atoms. The average Bonchev–Trinajstić information content (AvgIpc) is 3.03. The van der Waals surface area contributed by atoms with Gasteiger partial charge in [-0.25, -0.2) is 8.42 Å². The van der Waals surface area contributed by atoms with E-state index in [4.69, 9.17) is 0 Å². The third-order valence-corrected chi connectivity index (χ3v) is 7.83. The largest absolute Gasteiger partial charge is 0.430 e. The Morgan fingerprint density at radius 3 is 1.85 bits per heavy atom. The van der Waals surface area contributed by atoms with Gasteiger partial charge in [-0.1, -0.05) is 36.4 Å². The van der Waals surface area contributed by atoms with Crippen molar-refractivity contribution in [2.75, 3.05) is 24.2 Å². The Labute approximate surface area is 192 Å². The molecule has 2 aromatic rings. The third kappa shape index (κ3) is 4.16. The molecule has 2 unspecified atom stereocenters. The second kappa shape index (κ2) is 8.13. The van der Waals surface area contributed by atoms with E-state index in [9.17, 15) is 39.9 Å². The molecular weight excluding hydrogens is 486 g/mol. The summed E-state index contributed by atoms with van der Waals surface area (Å²) in [5.74, 6) is 0. The van der Waals surface area contributed by atoms with E-state index in [1.54, 1.807) is 22.5 Å². The van der Waals surface area contributed by atoms with Crippen molar-refractivity contribution in [3.05, 3.63) is 54.1 Å². The number of nitrogens with zero attached hydrogens (tertiary/aromatic N) is 2. The molecule has 0 radical (unpaired) electrons. The quantitative estimate of drug-likeness (QED) is 0.627. The summed E-state index contributed by atoms with van der Waals surface area (Å²) in [5.41, 5.74) is -4.59. The van der Waals surface area contributed by atoms with Crippen molar-refractivity contribution in [1.29, 1.82) is 0 Å². The molecule has 2 atom stereocenters. The number of rotatable bonds is 4. The van der Waals surface area contributed by atoms with Crippen molar-refractivity contribution in [2.24, 2.45) is 0 Å². The zero-order chi connectivity index (χ0) is 25.1. The maximum absolute atomic E-state index is 13.1. The summed E-state index contributed by atoms with van der Waals surface area (Å²) >= 11 is 0. The normalized spacial score (nSPS) is 22.3. The number of fused-ring (bicyclic) bond motifs is 2. The van der Waals surface area contributed by atoms with Crippen LogP contribution in [0, 0.1) is 0 Å². The molecule has 4 rings (SSSR count). The monoisotopic (exact) mass is 508 g/mol. The first-order valence-corrected chi connectivity index (χ1v) is 12.3. The summed E-state index contributed by atoms with van der Waals surface area (Å²) in [6, 6.07) is 10.1. The van der Waals surface area contributed by atoms with Gasteiger partial charge in [0, 0.05) is 36.4 Å². The summed E-state index contributed by atoms with van der Waals surface area (Å²) in [7, 11) is -3.33. The van der Waals surface area contributed by atoms with Gasteiger partial charge in [0.05, 0.1) is 6.26 Å². The van der Waals surface area contributed by atoms with Crippen LogP contribution < -0.4 is 4.90 Å². The Balaban J connectivity index is 1.60. The molecule has 0 saturated carbocycles. The highest BCUT2D eigenvalue weighted by molar-refractivity contribution is 7.88. The maximum atomic E-state index is 13.1. The van der Waals surface area contributed by atoms with E-state index in [2.05, 4.69) is 0 Å². The summed E-state index contributed by atoms with van der Waals surface area (Å²) in [6.45, 7) is 0.965. The number of aliphatic hydroxyl groups is 1. The lowest BCUT2D eigenvalue weighted by atomic mass is 9.90. The van der Waals surface area contributed by atoms with Crippen LogP contribution in [0.5, 0.6) is 0 Å². The Hall–Kier alpha value is -2.31. The zero-order valence-corrected chi connectivity index (χ0v) is 18.8. The summed E-state index contributed by atoms with van der Waals surface area (Å²) in [5, 5.41) is 9.56. The summed E-state index contributed by atoms with van der Waals surface area (Å²) < 4.78 is 104. The molecule has 0 aromatic heterocycles. The first-order valence-electron chi connectivity index (χ1n) is 10.4. The smallest absolute Gasteiger partial charge is 0.369 e. The maximum Gasteiger partial charge on any atom is 0.430 e. The highest BCUT2D eigenvalue weighted by Crippen LogP contribution is 2.50. The van der Waals surface area contributed by atoms with Crippen LogP contribution >= 0.6 is 0 Å². The van der Waals surface area contributed by atoms with E-state index in [0.717, 1.165) is 30.7 Å². The van der Waals surface area contributed by atoms with Gasteiger partial charge in [0.2, 0.25) is 10.0 Å². The van der Waals surface area contributed by atoms with Crippen LogP contribution in [-0.4, -0.2) is 61.6 Å². The molecule has 186 valence electrons. The molecule has 0 spiro atoms. The molecule has 2 aromatic carbocycles. The van der Waals surface area contributed by atoms with Crippen LogP contribution in [0.2, 0.25) is 0 Å². The lowest BCUT2D eigenvalue weighted by Gasteiger charge is -2.40. The molecule has 2 saturated heterocycles. The predicted molar refractivity (Wildman–Crippen MR) is 114 cm³/mol. The average molecular weight is 508 g/mol. The minimum absolute atomic E-state index is 0.154. The van der Waals surface area contributed by atoms with E-state index in [1.165, 1.54) is 6.26 Å². The Morgan fingerprint density at radius 1 is 0.853 bits per heavy atom. The van der Waals surface area contributed by atoms with Gasteiger partial charge in [-0.3, -0.25) is 0 Å². The number of hydrogen-bond acceptors (Lipinski definition) is 4. The van der Waals surface area contributed by atoms with Crippen molar-refractivity contribution in [3.63, 3.8) is 0 Å². The summed E-state index contributed by atoms with van der Waals surface area (Å²) in [4.78, 5) is 2.04. The van der Waals surface area contributed by atoms with E-state index >= 15 is 0 Å². The molecule has 1 N–H and O–H groups in total. The first-order chi connectivity index (χ1) is 15.6. The lowest BCUT2D eigenvalue weighted by molar-refractivity contribution is -0.376. The molecule has 2 aliphatic rings. The summed E-state index contributed by atoms with van der Waals surface area (Å²) in [6.07, 6.45) is -9.20. The van der Waals surface area contributed by atoms with Gasteiger partial charge in [-0.15, -0.1) is 0 Å². The molecule has 5 nitrogen and oxygen atoms in total. The molecule has 2 aliphatic heterocycles. The van der Waals surface area contributed by atoms with E-state index in [-0.39, 0.29) is 12.1 Å². The minimum atomic E-state index is -5.94. The fourth-order valence-electron chi connectivity index (χ4n) is 4.89. The van der Waals surface area contributed by atoms with Crippen molar-refractivity contribution < 1.29 is 39.9 Å². The number of alkyl halides is 6. The standard InChI is InChI=1S/C22H22F6N2O3S/c1-34(32,33)30-18-9-10-19(30)13-29(12-18)17-4-2-3-15(11-17)14-5-7-16(8-6-14)20(31,21(23,24)25)22(26,27)28/h2-8,11,18-19,31H,9-10,12-13H2,1H3. The number of benzene rings is 2. The Bertz CT molecular complexity index is 1140. The number of piperazine rings is 1. The van der Waals surface area contributed by atoms with E-state index in [1.807, 2.05) is 11.0 Å². The van der Waals surface area contributed by atoms with Crippen LogP contribution in [-0.2, 0) is 15.6 Å². The number of hydrogen-bond donors (Lipinski definition) is 1. The van der Waals surface area contributed by atoms with E-state index in [0.29, 0.717) is 36.3 Å². The van der Waals surface area contributed by atoms with Gasteiger partial charge in [-0.2, -0.15) is 30.6 Å². The molecule has 2 bridgehead atoms. The zero-order valence-electron chi connectivity index (χ0n) is 17.9. The Morgan fingerprint density at radius 2 is 1.38 bits per heavy atom. The SMILES string of the molecule is CS(=O)(=O)N1C2CCC1CN(c1cccc(-c3ccc(C(O)(C(F)(F)F)C(F)(F)F)cc3)c1)C2. The second-order valence-electron chi connectivity index (χ2n) is 8.72. The highest BCUT2D eigenvalue weighted by atomic mass is 32.2. The van der Waals surface area contributed by atoms with Gasteiger partial charge < -0.3 is 10.0 Å². The highest BCUT2D eigenvalue weighted by Gasteiger charge is 2.71. The van der Waals surface area contributed by atoms with Gasteiger partial charge in [-0.05, 0) is 36.1 Å². The predicted octanol–water partition coefficient (Wildman–Crippen LogP) is 4.28.